The zero-order chi connectivity index (χ0) is 20.5. The number of ether oxygens (including phenoxy) is 2. The van der Waals surface area contributed by atoms with E-state index in [9.17, 15) is 9.59 Å². The molecule has 0 atom stereocenters. The smallest absolute Gasteiger partial charge is 0.319 e. The van der Waals surface area contributed by atoms with E-state index in [0.717, 1.165) is 25.9 Å². The number of para-hydroxylation sites is 1. The minimum atomic E-state index is -0.374. The molecule has 0 radical (unpaired) electrons. The number of amides is 3. The normalized spacial score (nSPS) is 14.2. The summed E-state index contributed by atoms with van der Waals surface area (Å²) in [5.41, 5.74) is 0.956. The van der Waals surface area contributed by atoms with E-state index in [0.29, 0.717) is 56.1 Å². The number of furan rings is 1. The highest BCUT2D eigenvalue weighted by Gasteiger charge is 2.27. The third-order valence-electron chi connectivity index (χ3n) is 4.72. The van der Waals surface area contributed by atoms with E-state index in [-0.39, 0.29) is 17.7 Å². The summed E-state index contributed by atoms with van der Waals surface area (Å²) in [6, 6.07) is 6.91. The average molecular weight is 403 g/mol. The third-order valence-corrected chi connectivity index (χ3v) is 4.72. The van der Waals surface area contributed by atoms with Crippen LogP contribution in [0.3, 0.4) is 0 Å². The topological polar surface area (TPSA) is 93.0 Å². The van der Waals surface area contributed by atoms with Gasteiger partial charge in [0.05, 0.1) is 13.2 Å². The van der Waals surface area contributed by atoms with Gasteiger partial charge in [-0.2, -0.15) is 0 Å². The first-order chi connectivity index (χ1) is 14.2. The van der Waals surface area contributed by atoms with Crippen LogP contribution in [-0.2, 0) is 9.47 Å². The summed E-state index contributed by atoms with van der Waals surface area (Å²) in [5, 5.41) is 6.30. The number of nitrogens with one attached hydrogen (secondary N) is 2. The molecule has 0 saturated carbocycles. The van der Waals surface area contributed by atoms with Crippen molar-refractivity contribution in [3.63, 3.8) is 0 Å². The number of benzene rings is 1. The Labute approximate surface area is 170 Å². The number of fused-ring (bicyclic) bond motifs is 1. The molecule has 2 heterocycles. The van der Waals surface area contributed by atoms with E-state index < -0.39 is 0 Å². The standard InChI is InChI=1S/C21H29N3O5/c1-2-3-12-27-13-6-9-22-21(26)23-18-16-7-4-5-8-17(16)29-19(18)20(25)24-10-14-28-15-11-24/h4-5,7-8H,2-3,6,9-15H2,1H3,(H2,22,23,26). The van der Waals surface area contributed by atoms with Crippen molar-refractivity contribution in [3.05, 3.63) is 30.0 Å². The minimum absolute atomic E-state index is 0.145. The van der Waals surface area contributed by atoms with Gasteiger partial charge in [-0.15, -0.1) is 0 Å². The Kier molecular flexibility index (Phi) is 7.89. The SMILES string of the molecule is CCCCOCCCNC(=O)Nc1c(C(=O)N2CCOCC2)oc2ccccc12. The lowest BCUT2D eigenvalue weighted by atomic mass is 10.2. The zero-order valence-electron chi connectivity index (χ0n) is 16.9. The van der Waals surface area contributed by atoms with Crippen LogP contribution in [0.1, 0.15) is 36.7 Å². The molecule has 2 aromatic rings. The van der Waals surface area contributed by atoms with E-state index in [1.807, 2.05) is 18.2 Å². The number of anilines is 1. The van der Waals surface area contributed by atoms with E-state index in [4.69, 9.17) is 13.9 Å². The maximum atomic E-state index is 12.9. The Morgan fingerprint density at radius 1 is 1.14 bits per heavy atom. The second-order valence-electron chi connectivity index (χ2n) is 6.91. The Balaban J connectivity index is 1.63. The van der Waals surface area contributed by atoms with Gasteiger partial charge >= 0.3 is 6.03 Å². The van der Waals surface area contributed by atoms with Crippen LogP contribution in [0.25, 0.3) is 11.0 Å². The molecule has 1 aromatic carbocycles. The number of nitrogens with zero attached hydrogens (tertiary/aromatic N) is 1. The molecular formula is C21H29N3O5. The van der Waals surface area contributed by atoms with Crippen LogP contribution in [-0.4, -0.2) is 62.9 Å². The zero-order valence-corrected chi connectivity index (χ0v) is 16.9. The van der Waals surface area contributed by atoms with Crippen LogP contribution in [0.5, 0.6) is 0 Å². The van der Waals surface area contributed by atoms with Gasteiger partial charge in [-0.3, -0.25) is 4.79 Å². The summed E-state index contributed by atoms with van der Waals surface area (Å²) < 4.78 is 16.6. The molecule has 3 rings (SSSR count). The molecule has 158 valence electrons. The highest BCUT2D eigenvalue weighted by Crippen LogP contribution is 2.31. The number of hydrogen-bond acceptors (Lipinski definition) is 5. The number of morpholine rings is 1. The molecule has 0 spiro atoms. The summed E-state index contributed by atoms with van der Waals surface area (Å²) in [6.45, 7) is 5.95. The predicted molar refractivity (Wildman–Crippen MR) is 110 cm³/mol. The van der Waals surface area contributed by atoms with Crippen molar-refractivity contribution in [1.29, 1.82) is 0 Å². The van der Waals surface area contributed by atoms with Gasteiger partial charge in [-0.25, -0.2) is 4.79 Å². The molecule has 2 N–H and O–H groups in total. The number of unbranched alkanes of at least 4 members (excludes halogenated alkanes) is 1. The molecule has 8 heteroatoms. The maximum Gasteiger partial charge on any atom is 0.319 e. The first-order valence-electron chi connectivity index (χ1n) is 10.2. The van der Waals surface area contributed by atoms with Crippen molar-refractivity contribution in [2.45, 2.75) is 26.2 Å². The van der Waals surface area contributed by atoms with Crippen molar-refractivity contribution in [2.75, 3.05) is 51.4 Å². The summed E-state index contributed by atoms with van der Waals surface area (Å²) in [6.07, 6.45) is 2.87. The summed E-state index contributed by atoms with van der Waals surface area (Å²) in [7, 11) is 0. The Morgan fingerprint density at radius 3 is 2.69 bits per heavy atom. The Bertz CT molecular complexity index is 814. The molecule has 1 aromatic heterocycles. The second kappa shape index (κ2) is 10.8. The van der Waals surface area contributed by atoms with Gasteiger partial charge in [0.1, 0.15) is 11.3 Å². The quantitative estimate of drug-likeness (QED) is 0.627. The highest BCUT2D eigenvalue weighted by atomic mass is 16.5. The van der Waals surface area contributed by atoms with Gasteiger partial charge in [0.15, 0.2) is 0 Å². The predicted octanol–water partition coefficient (Wildman–Crippen LogP) is 3.23. The van der Waals surface area contributed by atoms with Crippen LogP contribution >= 0.6 is 0 Å². The lowest BCUT2D eigenvalue weighted by Crippen LogP contribution is -2.41. The number of urea groups is 1. The van der Waals surface area contributed by atoms with Crippen LogP contribution in [0.4, 0.5) is 10.5 Å². The molecule has 1 aliphatic heterocycles. The summed E-state index contributed by atoms with van der Waals surface area (Å²) in [5.74, 6) is -0.102. The molecule has 29 heavy (non-hydrogen) atoms. The molecule has 8 nitrogen and oxygen atoms in total. The summed E-state index contributed by atoms with van der Waals surface area (Å²) >= 11 is 0. The minimum Gasteiger partial charge on any atom is -0.449 e. The molecule has 1 saturated heterocycles. The third kappa shape index (κ3) is 5.71. The molecule has 0 bridgehead atoms. The lowest BCUT2D eigenvalue weighted by molar-refractivity contribution is 0.0285. The molecular weight excluding hydrogens is 374 g/mol. The van der Waals surface area contributed by atoms with Crippen molar-refractivity contribution in [3.8, 4) is 0 Å². The van der Waals surface area contributed by atoms with E-state index in [2.05, 4.69) is 17.6 Å². The number of carbonyl (C=O) groups excluding carboxylic acids is 2. The van der Waals surface area contributed by atoms with E-state index in [1.165, 1.54) is 0 Å². The second-order valence-corrected chi connectivity index (χ2v) is 6.91. The van der Waals surface area contributed by atoms with Crippen molar-refractivity contribution in [1.82, 2.24) is 10.2 Å². The first-order valence-corrected chi connectivity index (χ1v) is 10.2. The fourth-order valence-corrected chi connectivity index (χ4v) is 3.11. The van der Waals surface area contributed by atoms with Gasteiger partial charge in [-0.1, -0.05) is 25.5 Å². The number of carbonyl (C=O) groups is 2. The number of rotatable bonds is 9. The van der Waals surface area contributed by atoms with Gasteiger partial charge in [0.2, 0.25) is 5.76 Å². The highest BCUT2D eigenvalue weighted by molar-refractivity contribution is 6.10. The lowest BCUT2D eigenvalue weighted by Gasteiger charge is -2.26. The van der Waals surface area contributed by atoms with E-state index >= 15 is 0 Å². The fraction of sp³-hybridized carbons (Fsp3) is 0.524. The Morgan fingerprint density at radius 2 is 1.90 bits per heavy atom. The average Bonchev–Trinajstić information content (AvgIpc) is 3.11. The van der Waals surface area contributed by atoms with Gasteiger partial charge in [0, 0.05) is 38.2 Å². The fourth-order valence-electron chi connectivity index (χ4n) is 3.11. The monoisotopic (exact) mass is 403 g/mol. The van der Waals surface area contributed by atoms with Crippen molar-refractivity contribution < 1.29 is 23.5 Å². The molecule has 0 unspecified atom stereocenters. The van der Waals surface area contributed by atoms with Crippen molar-refractivity contribution >= 4 is 28.6 Å². The molecule has 3 amide bonds. The van der Waals surface area contributed by atoms with Crippen molar-refractivity contribution in [2.24, 2.45) is 0 Å². The van der Waals surface area contributed by atoms with Crippen LogP contribution < -0.4 is 10.6 Å². The molecule has 0 aliphatic carbocycles. The van der Waals surface area contributed by atoms with Gasteiger partial charge in [0.25, 0.3) is 5.91 Å². The van der Waals surface area contributed by atoms with Crippen LogP contribution in [0.2, 0.25) is 0 Å². The maximum absolute atomic E-state index is 12.9. The summed E-state index contributed by atoms with van der Waals surface area (Å²) in [4.78, 5) is 27.0. The van der Waals surface area contributed by atoms with E-state index in [1.54, 1.807) is 11.0 Å². The van der Waals surface area contributed by atoms with Gasteiger partial charge in [-0.05, 0) is 25.0 Å². The van der Waals surface area contributed by atoms with Gasteiger partial charge < -0.3 is 29.4 Å². The van der Waals surface area contributed by atoms with Crippen LogP contribution in [0, 0.1) is 0 Å². The Hall–Kier alpha value is -2.58. The number of hydrogen-bond donors (Lipinski definition) is 2. The first kappa shape index (κ1) is 21.1. The molecule has 1 aliphatic rings. The van der Waals surface area contributed by atoms with Crippen LogP contribution in [0.15, 0.2) is 28.7 Å². The molecule has 1 fully saturated rings. The largest absolute Gasteiger partial charge is 0.449 e.